The lowest BCUT2D eigenvalue weighted by molar-refractivity contribution is -0.671. The number of hydrogen-bond acceptors (Lipinski definition) is 4. The van der Waals surface area contributed by atoms with Crippen LogP contribution in [0, 0.1) is 0 Å². The van der Waals surface area contributed by atoms with E-state index in [9.17, 15) is 14.5 Å². The fraction of sp³-hybridized carbons (Fsp3) is 0.353. The number of nitrogens with one attached hydrogen (secondary N) is 1. The van der Waals surface area contributed by atoms with E-state index in [0.717, 1.165) is 6.66 Å². The summed E-state index contributed by atoms with van der Waals surface area (Å²) in [6.45, 7) is 1.13. The number of hydrogen-bond donors (Lipinski definition) is 2. The average molecular weight is 382 g/mol. The van der Waals surface area contributed by atoms with Gasteiger partial charge in [0.25, 0.3) is 0 Å². The highest BCUT2D eigenvalue weighted by atomic mass is 31.2. The number of carboxylic acid groups (broad SMARTS) is 1. The number of pyridine rings is 2. The summed E-state index contributed by atoms with van der Waals surface area (Å²) < 4.78 is 14.7. The van der Waals surface area contributed by atoms with Gasteiger partial charge in [-0.05, 0) is 11.1 Å². The van der Waals surface area contributed by atoms with E-state index in [4.69, 9.17) is 10.6 Å². The number of carboxylic acids is 1. The first-order valence-corrected chi connectivity index (χ1v) is 10.00. The number of aliphatic carboxylic acids is 1. The maximum Gasteiger partial charge on any atom is 0.197 e. The smallest absolute Gasteiger partial charge is 0.197 e. The van der Waals surface area contributed by atoms with E-state index in [-0.39, 0.29) is 18.7 Å². The zero-order valence-electron chi connectivity index (χ0n) is 15.3. The van der Waals surface area contributed by atoms with E-state index in [1.165, 1.54) is 11.1 Å². The molecule has 26 heavy (non-hydrogen) atoms. The minimum Gasteiger partial charge on any atom is -0.670 e. The van der Waals surface area contributed by atoms with E-state index in [1.54, 1.807) is 0 Å². The molecule has 0 amide bonds. The molecule has 8 nitrogen and oxygen atoms in total. The molecule has 0 saturated heterocycles. The van der Waals surface area contributed by atoms with Gasteiger partial charge >= 0.3 is 0 Å². The highest BCUT2D eigenvalue weighted by Crippen LogP contribution is 2.36. The van der Waals surface area contributed by atoms with Crippen molar-refractivity contribution >= 4 is 13.3 Å². The van der Waals surface area contributed by atoms with Crippen molar-refractivity contribution in [3.63, 3.8) is 0 Å². The van der Waals surface area contributed by atoms with Crippen LogP contribution in [0.25, 0.3) is 16.9 Å². The normalized spacial score (nSPS) is 13.4. The van der Waals surface area contributed by atoms with E-state index in [2.05, 4.69) is 49.1 Å². The lowest BCUT2D eigenvalue weighted by Gasteiger charge is -2.21. The first-order valence-electron chi connectivity index (χ1n) is 7.71. The van der Waals surface area contributed by atoms with E-state index < -0.39 is 19.4 Å². The summed E-state index contributed by atoms with van der Waals surface area (Å²) in [4.78, 5) is 18.7. The molecule has 2 atom stereocenters. The molecule has 0 aliphatic rings. The largest absolute Gasteiger partial charge is 0.670 e. The second kappa shape index (κ2) is 10.8. The highest BCUT2D eigenvalue weighted by molar-refractivity contribution is 7.57. The van der Waals surface area contributed by atoms with Crippen LogP contribution in [0.3, 0.4) is 0 Å². The Balaban J connectivity index is 0.000000479. The topological polar surface area (TPSA) is 144 Å². The maximum atomic E-state index is 10.6. The maximum absolute atomic E-state index is 10.6. The molecule has 0 saturated carbocycles. The van der Waals surface area contributed by atoms with Crippen LogP contribution in [0.15, 0.2) is 49.1 Å². The molecule has 5 N–H and O–H groups in total. The molecule has 2 heterocycles. The summed E-state index contributed by atoms with van der Waals surface area (Å²) in [5.41, 5.74) is 9.32. The number of carbonyl (C=O) groups excluding carboxylic acids is 1. The Kier molecular flexibility index (Phi) is 9.90. The Hall–Kier alpha value is -2.12. The number of aromatic nitrogens is 2. The number of carbonyl (C=O) groups is 1. The SMILES string of the molecule is CP(=O)(O)CCC([NH-])C(=O)[O-].C[n+]1ccc(-c2cc[n+](C)cc2)cc1.N. The lowest BCUT2D eigenvalue weighted by Crippen LogP contribution is -2.33. The fourth-order valence-electron chi connectivity index (χ4n) is 1.87. The molecule has 2 rings (SSSR count). The first kappa shape index (κ1) is 23.9. The predicted octanol–water partition coefficient (Wildman–Crippen LogP) is 0.612. The van der Waals surface area contributed by atoms with Crippen molar-refractivity contribution in [1.82, 2.24) is 6.15 Å². The standard InChI is InChI=1S/C12H14N2.C5H11NO4P.H3N/c1-13-7-3-11(4-8-13)12-5-9-14(2)10-6-12;1-11(9,10)3-2-4(6)5(7)8;/h3-10H,1-2H3;4,6H,2-3H2,1H3,(H,7,8)(H,9,10);1H3/q+2;-1;/p-1. The quantitative estimate of drug-likeness (QED) is 0.575. The third-order valence-corrected chi connectivity index (χ3v) is 4.50. The predicted molar refractivity (Wildman–Crippen MR) is 97.6 cm³/mol. The molecule has 9 heteroatoms. The van der Waals surface area contributed by atoms with Crippen molar-refractivity contribution in [2.75, 3.05) is 12.8 Å². The van der Waals surface area contributed by atoms with Gasteiger partial charge in [0.05, 0.1) is 0 Å². The molecular formula is C17H27N4O4P. The van der Waals surface area contributed by atoms with Gasteiger partial charge in [0.1, 0.15) is 14.1 Å². The minimum absolute atomic E-state index is 0. The van der Waals surface area contributed by atoms with Crippen LogP contribution in [0.2, 0.25) is 0 Å². The van der Waals surface area contributed by atoms with Gasteiger partial charge < -0.3 is 26.7 Å². The molecular weight excluding hydrogens is 355 g/mol. The zero-order chi connectivity index (χ0) is 19.0. The molecule has 144 valence electrons. The average Bonchev–Trinajstić information content (AvgIpc) is 2.54. The van der Waals surface area contributed by atoms with Gasteiger partial charge in [0.2, 0.25) is 0 Å². The summed E-state index contributed by atoms with van der Waals surface area (Å²) in [6, 6.07) is 7.09. The summed E-state index contributed by atoms with van der Waals surface area (Å²) >= 11 is 0. The summed E-state index contributed by atoms with van der Waals surface area (Å²) in [5.74, 6) is -1.50. The minimum atomic E-state index is -3.17. The van der Waals surface area contributed by atoms with Crippen LogP contribution < -0.4 is 20.4 Å². The Morgan fingerprint density at radius 1 is 1.12 bits per heavy atom. The Labute approximate surface area is 154 Å². The first-order chi connectivity index (χ1) is 11.6. The van der Waals surface area contributed by atoms with Crippen LogP contribution >= 0.6 is 7.37 Å². The molecule has 2 aromatic rings. The van der Waals surface area contributed by atoms with Crippen molar-refractivity contribution in [3.05, 3.63) is 54.8 Å². The van der Waals surface area contributed by atoms with Gasteiger partial charge in [-0.25, -0.2) is 9.13 Å². The van der Waals surface area contributed by atoms with Gasteiger partial charge in [-0.1, -0.05) is 12.5 Å². The monoisotopic (exact) mass is 382 g/mol. The number of aryl methyl sites for hydroxylation is 2. The molecule has 0 spiro atoms. The van der Waals surface area contributed by atoms with Crippen LogP contribution in [-0.4, -0.2) is 29.7 Å². The Bertz CT molecular complexity index is 686. The number of nitrogens with zero attached hydrogens (tertiary/aromatic N) is 2. The Morgan fingerprint density at radius 2 is 1.46 bits per heavy atom. The summed E-state index contributed by atoms with van der Waals surface area (Å²) in [7, 11) is 0.875. The highest BCUT2D eigenvalue weighted by Gasteiger charge is 2.09. The fourth-order valence-corrected chi connectivity index (χ4v) is 2.61. The molecule has 0 bridgehead atoms. The zero-order valence-corrected chi connectivity index (χ0v) is 16.2. The van der Waals surface area contributed by atoms with Crippen LogP contribution in [0.1, 0.15) is 6.42 Å². The van der Waals surface area contributed by atoms with E-state index >= 15 is 0 Å². The van der Waals surface area contributed by atoms with Crippen molar-refractivity contribution < 1.29 is 28.5 Å². The Morgan fingerprint density at radius 3 is 1.73 bits per heavy atom. The van der Waals surface area contributed by atoms with Crippen molar-refractivity contribution in [1.29, 1.82) is 0 Å². The molecule has 0 aliphatic carbocycles. The van der Waals surface area contributed by atoms with Gasteiger partial charge in [0.15, 0.2) is 32.2 Å². The molecule has 0 aromatic carbocycles. The third-order valence-electron chi connectivity index (χ3n) is 3.41. The molecule has 2 aromatic heterocycles. The molecule has 0 aliphatic heterocycles. The second-order valence-electron chi connectivity index (χ2n) is 5.94. The van der Waals surface area contributed by atoms with Crippen molar-refractivity contribution in [2.24, 2.45) is 14.1 Å². The van der Waals surface area contributed by atoms with E-state index in [0.29, 0.717) is 0 Å². The summed E-state index contributed by atoms with van der Waals surface area (Å²) in [5, 5.41) is 9.95. The van der Waals surface area contributed by atoms with E-state index in [1.807, 2.05) is 23.2 Å². The molecule has 0 radical (unpaired) electrons. The van der Waals surface area contributed by atoms with Gasteiger partial charge in [-0.2, -0.15) is 0 Å². The second-order valence-corrected chi connectivity index (χ2v) is 8.49. The lowest BCUT2D eigenvalue weighted by atomic mass is 10.1. The van der Waals surface area contributed by atoms with Crippen molar-refractivity contribution in [3.8, 4) is 11.1 Å². The van der Waals surface area contributed by atoms with Gasteiger partial charge in [-0.3, -0.25) is 4.57 Å². The van der Waals surface area contributed by atoms with Gasteiger partial charge in [-0.15, -0.1) is 0 Å². The van der Waals surface area contributed by atoms with Gasteiger partial charge in [0, 0.05) is 43.1 Å². The third kappa shape index (κ3) is 9.39. The number of rotatable bonds is 5. The van der Waals surface area contributed by atoms with Crippen LogP contribution in [0.4, 0.5) is 0 Å². The van der Waals surface area contributed by atoms with Crippen molar-refractivity contribution in [2.45, 2.75) is 12.5 Å². The van der Waals surface area contributed by atoms with Crippen LogP contribution in [0.5, 0.6) is 0 Å². The molecule has 0 fully saturated rings. The van der Waals surface area contributed by atoms with Crippen LogP contribution in [-0.2, 0) is 23.5 Å². The molecule has 2 unspecified atom stereocenters. The summed E-state index contributed by atoms with van der Waals surface area (Å²) in [6.07, 6.45) is 7.96.